The third kappa shape index (κ3) is 2.92. The Hall–Kier alpha value is -1.61. The van der Waals surface area contributed by atoms with E-state index in [4.69, 9.17) is 10.2 Å². The lowest BCUT2D eigenvalue weighted by Gasteiger charge is -2.04. The van der Waals surface area contributed by atoms with Gasteiger partial charge in [-0.2, -0.15) is 0 Å². The zero-order valence-electron chi connectivity index (χ0n) is 8.60. The third-order valence-corrected chi connectivity index (χ3v) is 2.11. The standard InChI is InChI=1S/C12H14O3/c1-9-5-4-7-10(6-2-3-8-13)11(9)12(14)15/h2,4-7,13H,3,8H2,1H3,(H,14,15). The van der Waals surface area contributed by atoms with E-state index in [1.165, 1.54) is 0 Å². The molecule has 1 rings (SSSR count). The van der Waals surface area contributed by atoms with Crippen LogP contribution in [0.5, 0.6) is 0 Å². The molecule has 80 valence electrons. The van der Waals surface area contributed by atoms with Crippen molar-refractivity contribution >= 4 is 12.0 Å². The van der Waals surface area contributed by atoms with Crippen LogP contribution in [0.3, 0.4) is 0 Å². The number of benzene rings is 1. The Labute approximate surface area is 88.7 Å². The Kier molecular flexibility index (Phi) is 4.06. The number of aliphatic hydroxyl groups is 1. The van der Waals surface area contributed by atoms with Gasteiger partial charge in [-0.1, -0.05) is 30.4 Å². The topological polar surface area (TPSA) is 57.5 Å². The molecule has 0 aliphatic rings. The van der Waals surface area contributed by atoms with E-state index in [9.17, 15) is 4.79 Å². The molecular weight excluding hydrogens is 192 g/mol. The smallest absolute Gasteiger partial charge is 0.336 e. The zero-order chi connectivity index (χ0) is 11.3. The first kappa shape index (κ1) is 11.5. The SMILES string of the molecule is Cc1cccc(C=CCCO)c1C(=O)O. The van der Waals surface area contributed by atoms with Crippen LogP contribution in [0.25, 0.3) is 6.08 Å². The molecule has 3 nitrogen and oxygen atoms in total. The van der Waals surface area contributed by atoms with E-state index < -0.39 is 5.97 Å². The minimum Gasteiger partial charge on any atom is -0.478 e. The van der Waals surface area contributed by atoms with Crippen molar-refractivity contribution < 1.29 is 15.0 Å². The lowest BCUT2D eigenvalue weighted by molar-refractivity contribution is 0.0696. The van der Waals surface area contributed by atoms with Crippen molar-refractivity contribution in [2.24, 2.45) is 0 Å². The molecule has 15 heavy (non-hydrogen) atoms. The van der Waals surface area contributed by atoms with Gasteiger partial charge in [0.05, 0.1) is 5.56 Å². The fourth-order valence-corrected chi connectivity index (χ4v) is 1.41. The summed E-state index contributed by atoms with van der Waals surface area (Å²) in [6, 6.07) is 5.34. The second kappa shape index (κ2) is 5.32. The van der Waals surface area contributed by atoms with Crippen molar-refractivity contribution in [2.75, 3.05) is 6.61 Å². The number of carbonyl (C=O) groups is 1. The third-order valence-electron chi connectivity index (χ3n) is 2.11. The summed E-state index contributed by atoms with van der Waals surface area (Å²) in [7, 11) is 0. The summed E-state index contributed by atoms with van der Waals surface area (Å²) in [6.07, 6.45) is 4.03. The second-order valence-corrected chi connectivity index (χ2v) is 3.26. The average molecular weight is 206 g/mol. The van der Waals surface area contributed by atoms with E-state index in [-0.39, 0.29) is 6.61 Å². The van der Waals surface area contributed by atoms with Gasteiger partial charge in [0.1, 0.15) is 0 Å². The van der Waals surface area contributed by atoms with Gasteiger partial charge in [0.2, 0.25) is 0 Å². The molecule has 0 spiro atoms. The molecule has 0 aliphatic heterocycles. The molecule has 0 atom stereocenters. The predicted octanol–water partition coefficient (Wildman–Crippen LogP) is 2.09. The minimum atomic E-state index is -0.920. The number of carboxylic acids is 1. The van der Waals surface area contributed by atoms with E-state index in [1.807, 2.05) is 6.07 Å². The van der Waals surface area contributed by atoms with Gasteiger partial charge in [-0.05, 0) is 24.5 Å². The van der Waals surface area contributed by atoms with Gasteiger partial charge < -0.3 is 10.2 Å². The van der Waals surface area contributed by atoms with E-state index in [1.54, 1.807) is 31.2 Å². The monoisotopic (exact) mass is 206 g/mol. The van der Waals surface area contributed by atoms with Crippen molar-refractivity contribution in [3.05, 3.63) is 41.0 Å². The van der Waals surface area contributed by atoms with Crippen molar-refractivity contribution in [2.45, 2.75) is 13.3 Å². The van der Waals surface area contributed by atoms with Crippen LogP contribution in [0.1, 0.15) is 27.9 Å². The maximum absolute atomic E-state index is 11.0. The summed E-state index contributed by atoms with van der Waals surface area (Å²) in [5.41, 5.74) is 1.75. The number of aryl methyl sites for hydroxylation is 1. The first-order valence-corrected chi connectivity index (χ1v) is 4.77. The average Bonchev–Trinajstić information content (AvgIpc) is 2.17. The zero-order valence-corrected chi connectivity index (χ0v) is 8.60. The van der Waals surface area contributed by atoms with Gasteiger partial charge in [-0.15, -0.1) is 0 Å². The summed E-state index contributed by atoms with van der Waals surface area (Å²) < 4.78 is 0. The molecule has 2 N–H and O–H groups in total. The van der Waals surface area contributed by atoms with Crippen molar-refractivity contribution in [1.82, 2.24) is 0 Å². The van der Waals surface area contributed by atoms with Crippen LogP contribution in [-0.2, 0) is 0 Å². The molecule has 0 aliphatic carbocycles. The molecule has 1 aromatic carbocycles. The maximum Gasteiger partial charge on any atom is 0.336 e. The Morgan fingerprint density at radius 1 is 1.47 bits per heavy atom. The molecular formula is C12H14O3. The van der Waals surface area contributed by atoms with Crippen molar-refractivity contribution in [1.29, 1.82) is 0 Å². The lowest BCUT2D eigenvalue weighted by Crippen LogP contribution is -2.02. The highest BCUT2D eigenvalue weighted by molar-refractivity contribution is 5.93. The van der Waals surface area contributed by atoms with E-state index in [2.05, 4.69) is 0 Å². The Bertz CT molecular complexity index is 380. The van der Waals surface area contributed by atoms with Gasteiger partial charge in [0.25, 0.3) is 0 Å². The Morgan fingerprint density at radius 3 is 2.80 bits per heavy atom. The number of aromatic carboxylic acids is 1. The molecule has 0 saturated heterocycles. The predicted molar refractivity (Wildman–Crippen MR) is 58.9 cm³/mol. The quantitative estimate of drug-likeness (QED) is 0.793. The lowest BCUT2D eigenvalue weighted by atomic mass is 10.0. The van der Waals surface area contributed by atoms with E-state index in [0.29, 0.717) is 17.5 Å². The summed E-state index contributed by atoms with van der Waals surface area (Å²) in [4.78, 5) is 11.0. The summed E-state index contributed by atoms with van der Waals surface area (Å²) in [6.45, 7) is 1.84. The highest BCUT2D eigenvalue weighted by Crippen LogP contribution is 2.15. The minimum absolute atomic E-state index is 0.0741. The maximum atomic E-state index is 11.0. The fraction of sp³-hybridized carbons (Fsp3) is 0.250. The van der Waals surface area contributed by atoms with Crippen LogP contribution in [0.15, 0.2) is 24.3 Å². The number of hydrogen-bond acceptors (Lipinski definition) is 2. The number of carboxylic acid groups (broad SMARTS) is 1. The summed E-state index contributed by atoms with van der Waals surface area (Å²) in [5, 5.41) is 17.6. The molecule has 0 radical (unpaired) electrons. The van der Waals surface area contributed by atoms with Gasteiger partial charge in [-0.25, -0.2) is 4.79 Å². The molecule has 3 heteroatoms. The largest absolute Gasteiger partial charge is 0.478 e. The molecule has 0 fully saturated rings. The molecule has 0 heterocycles. The Morgan fingerprint density at radius 2 is 2.20 bits per heavy atom. The van der Waals surface area contributed by atoms with Gasteiger partial charge in [0, 0.05) is 6.61 Å². The van der Waals surface area contributed by atoms with E-state index >= 15 is 0 Å². The molecule has 0 amide bonds. The molecule has 0 unspecified atom stereocenters. The normalized spacial score (nSPS) is 10.8. The van der Waals surface area contributed by atoms with Gasteiger partial charge in [0.15, 0.2) is 0 Å². The van der Waals surface area contributed by atoms with Crippen LogP contribution in [0.4, 0.5) is 0 Å². The number of rotatable bonds is 4. The highest BCUT2D eigenvalue weighted by Gasteiger charge is 2.10. The van der Waals surface area contributed by atoms with Gasteiger partial charge in [-0.3, -0.25) is 0 Å². The summed E-state index contributed by atoms with van der Waals surface area (Å²) in [5.74, 6) is -0.920. The van der Waals surface area contributed by atoms with Crippen molar-refractivity contribution in [3.8, 4) is 0 Å². The molecule has 0 bridgehead atoms. The number of hydrogen-bond donors (Lipinski definition) is 2. The second-order valence-electron chi connectivity index (χ2n) is 3.26. The summed E-state index contributed by atoms with van der Waals surface area (Å²) >= 11 is 0. The van der Waals surface area contributed by atoms with Crippen molar-refractivity contribution in [3.63, 3.8) is 0 Å². The van der Waals surface area contributed by atoms with Crippen LogP contribution in [0, 0.1) is 6.92 Å². The van der Waals surface area contributed by atoms with Crippen LogP contribution >= 0.6 is 0 Å². The Balaban J connectivity index is 3.06. The van der Waals surface area contributed by atoms with Crippen LogP contribution in [-0.4, -0.2) is 22.8 Å². The highest BCUT2D eigenvalue weighted by atomic mass is 16.4. The molecule has 0 saturated carbocycles. The van der Waals surface area contributed by atoms with Crippen LogP contribution in [0.2, 0.25) is 0 Å². The first-order chi connectivity index (χ1) is 7.16. The fourth-order valence-electron chi connectivity index (χ4n) is 1.41. The number of aliphatic hydroxyl groups excluding tert-OH is 1. The van der Waals surface area contributed by atoms with E-state index in [0.717, 1.165) is 5.56 Å². The molecule has 1 aromatic rings. The van der Waals surface area contributed by atoms with Crippen LogP contribution < -0.4 is 0 Å². The first-order valence-electron chi connectivity index (χ1n) is 4.77. The molecule has 0 aromatic heterocycles. The van der Waals surface area contributed by atoms with Gasteiger partial charge >= 0.3 is 5.97 Å².